The maximum atomic E-state index is 12.1. The zero-order valence-electron chi connectivity index (χ0n) is 13.1. The van der Waals surface area contributed by atoms with Gasteiger partial charge in [0.1, 0.15) is 0 Å². The molecular formula is C16H25N3O2. The summed E-state index contributed by atoms with van der Waals surface area (Å²) in [7, 11) is 0. The lowest BCUT2D eigenvalue weighted by Crippen LogP contribution is -2.53. The number of morpholine rings is 1. The van der Waals surface area contributed by atoms with Gasteiger partial charge in [0.15, 0.2) is 0 Å². The van der Waals surface area contributed by atoms with Gasteiger partial charge in [0.05, 0.1) is 18.2 Å². The summed E-state index contributed by atoms with van der Waals surface area (Å²) in [6.07, 6.45) is 0.144. The van der Waals surface area contributed by atoms with Crippen LogP contribution in [-0.4, -0.2) is 42.1 Å². The second-order valence-corrected chi connectivity index (χ2v) is 6.31. The van der Waals surface area contributed by atoms with Gasteiger partial charge >= 0.3 is 0 Å². The highest BCUT2D eigenvalue weighted by Crippen LogP contribution is 2.20. The fourth-order valence-corrected chi connectivity index (χ4v) is 2.83. The number of nitrogens with zero attached hydrogens (tertiary/aromatic N) is 1. The van der Waals surface area contributed by atoms with Gasteiger partial charge in [-0.05, 0) is 38.5 Å². The molecule has 1 heterocycles. The molecule has 0 aliphatic carbocycles. The molecule has 0 radical (unpaired) electrons. The summed E-state index contributed by atoms with van der Waals surface area (Å²) in [6.45, 7) is 8.58. The molecule has 0 saturated carbocycles. The van der Waals surface area contributed by atoms with E-state index in [2.05, 4.69) is 24.1 Å². The third-order valence-electron chi connectivity index (χ3n) is 3.48. The molecule has 1 unspecified atom stereocenters. The molecule has 0 spiro atoms. The largest absolute Gasteiger partial charge is 0.370 e. The van der Waals surface area contributed by atoms with Crippen LogP contribution in [0.5, 0.6) is 0 Å². The van der Waals surface area contributed by atoms with E-state index >= 15 is 0 Å². The van der Waals surface area contributed by atoms with E-state index in [9.17, 15) is 4.79 Å². The lowest BCUT2D eigenvalue weighted by atomic mass is 10.1. The van der Waals surface area contributed by atoms with Gasteiger partial charge in [-0.2, -0.15) is 0 Å². The summed E-state index contributed by atoms with van der Waals surface area (Å²) in [4.78, 5) is 14.3. The zero-order chi connectivity index (χ0) is 15.5. The molecule has 116 valence electrons. The number of benzene rings is 1. The Balaban J connectivity index is 1.88. The van der Waals surface area contributed by atoms with E-state index in [1.807, 2.05) is 31.2 Å². The fraction of sp³-hybridized carbons (Fsp3) is 0.562. The molecule has 0 bridgehead atoms. The summed E-state index contributed by atoms with van der Waals surface area (Å²) < 4.78 is 5.84. The van der Waals surface area contributed by atoms with E-state index in [0.29, 0.717) is 13.1 Å². The van der Waals surface area contributed by atoms with Crippen LogP contribution < -0.4 is 11.1 Å². The number of ether oxygens (including phenoxy) is 1. The molecule has 5 heteroatoms. The standard InChI is InChI=1S/C16H25N3O2/c1-12-9-19(11-16(2,3)21-12)10-15(20)18-14-6-4-13(8-17)5-7-14/h4-7,12H,8-11,17H2,1-3H3,(H,18,20). The number of nitrogens with one attached hydrogen (secondary N) is 1. The highest BCUT2D eigenvalue weighted by molar-refractivity contribution is 5.92. The minimum atomic E-state index is -0.208. The molecule has 0 aromatic heterocycles. The van der Waals surface area contributed by atoms with Crippen molar-refractivity contribution in [2.45, 2.75) is 39.0 Å². The van der Waals surface area contributed by atoms with Gasteiger partial charge in [0.25, 0.3) is 0 Å². The van der Waals surface area contributed by atoms with Crippen LogP contribution in [0.1, 0.15) is 26.3 Å². The van der Waals surface area contributed by atoms with Crippen LogP contribution in [0.25, 0.3) is 0 Å². The number of rotatable bonds is 4. The second kappa shape index (κ2) is 6.56. The highest BCUT2D eigenvalue weighted by atomic mass is 16.5. The maximum Gasteiger partial charge on any atom is 0.238 e. The summed E-state index contributed by atoms with van der Waals surface area (Å²) in [5.41, 5.74) is 7.21. The van der Waals surface area contributed by atoms with Crippen molar-refractivity contribution in [1.82, 2.24) is 4.90 Å². The summed E-state index contributed by atoms with van der Waals surface area (Å²) in [5, 5.41) is 2.92. The average Bonchev–Trinajstić information content (AvgIpc) is 2.36. The smallest absolute Gasteiger partial charge is 0.238 e. The molecule has 2 rings (SSSR count). The van der Waals surface area contributed by atoms with Gasteiger partial charge in [-0.3, -0.25) is 9.69 Å². The van der Waals surface area contributed by atoms with E-state index < -0.39 is 0 Å². The molecule has 3 N–H and O–H groups in total. The normalized spacial score (nSPS) is 22.0. The first-order valence-electron chi connectivity index (χ1n) is 7.37. The molecule has 1 aromatic rings. The Labute approximate surface area is 126 Å². The first-order chi connectivity index (χ1) is 9.88. The number of nitrogens with two attached hydrogens (primary N) is 1. The van der Waals surface area contributed by atoms with Crippen molar-refractivity contribution in [3.05, 3.63) is 29.8 Å². The number of carbonyl (C=O) groups excluding carboxylic acids is 1. The van der Waals surface area contributed by atoms with Crippen molar-refractivity contribution < 1.29 is 9.53 Å². The number of hydrogen-bond donors (Lipinski definition) is 2. The summed E-state index contributed by atoms with van der Waals surface area (Å²) in [5.74, 6) is 0.000369. The Morgan fingerprint density at radius 2 is 2.10 bits per heavy atom. The Kier molecular flexibility index (Phi) is 4.98. The molecule has 1 saturated heterocycles. The Hall–Kier alpha value is -1.43. The van der Waals surface area contributed by atoms with Crippen LogP contribution in [0.2, 0.25) is 0 Å². The van der Waals surface area contributed by atoms with E-state index in [0.717, 1.165) is 24.3 Å². The topological polar surface area (TPSA) is 67.6 Å². The van der Waals surface area contributed by atoms with E-state index in [1.54, 1.807) is 0 Å². The molecule has 1 aromatic carbocycles. The van der Waals surface area contributed by atoms with E-state index in [-0.39, 0.29) is 17.6 Å². The summed E-state index contributed by atoms with van der Waals surface area (Å²) >= 11 is 0. The number of carbonyl (C=O) groups is 1. The van der Waals surface area contributed by atoms with Gasteiger partial charge in [0, 0.05) is 25.3 Å². The Morgan fingerprint density at radius 3 is 2.67 bits per heavy atom. The quantitative estimate of drug-likeness (QED) is 0.884. The van der Waals surface area contributed by atoms with Gasteiger partial charge in [-0.15, -0.1) is 0 Å². The van der Waals surface area contributed by atoms with Crippen LogP contribution in [0.3, 0.4) is 0 Å². The van der Waals surface area contributed by atoms with Gasteiger partial charge in [0.2, 0.25) is 5.91 Å². The van der Waals surface area contributed by atoms with Crippen LogP contribution in [0.4, 0.5) is 5.69 Å². The van der Waals surface area contributed by atoms with Crippen LogP contribution in [-0.2, 0) is 16.1 Å². The average molecular weight is 291 g/mol. The Bertz CT molecular complexity index is 485. The minimum Gasteiger partial charge on any atom is -0.370 e. The molecule has 1 aliphatic rings. The van der Waals surface area contributed by atoms with Crippen molar-refractivity contribution in [2.75, 3.05) is 25.0 Å². The predicted molar refractivity (Wildman–Crippen MR) is 84.0 cm³/mol. The number of hydrogen-bond acceptors (Lipinski definition) is 4. The van der Waals surface area contributed by atoms with Crippen LogP contribution in [0.15, 0.2) is 24.3 Å². The van der Waals surface area contributed by atoms with Gasteiger partial charge in [-0.25, -0.2) is 0 Å². The van der Waals surface area contributed by atoms with Gasteiger partial charge < -0.3 is 15.8 Å². The maximum absolute atomic E-state index is 12.1. The third-order valence-corrected chi connectivity index (χ3v) is 3.48. The fourth-order valence-electron chi connectivity index (χ4n) is 2.83. The van der Waals surface area contributed by atoms with Gasteiger partial charge in [-0.1, -0.05) is 12.1 Å². The lowest BCUT2D eigenvalue weighted by molar-refractivity contribution is -0.136. The first kappa shape index (κ1) is 15.9. The minimum absolute atomic E-state index is 0.000369. The number of anilines is 1. The third kappa shape index (κ3) is 4.81. The molecular weight excluding hydrogens is 266 g/mol. The molecule has 1 aliphatic heterocycles. The monoisotopic (exact) mass is 291 g/mol. The molecule has 1 fully saturated rings. The predicted octanol–water partition coefficient (Wildman–Crippen LogP) is 1.58. The van der Waals surface area contributed by atoms with E-state index in [1.165, 1.54) is 0 Å². The first-order valence-corrected chi connectivity index (χ1v) is 7.37. The lowest BCUT2D eigenvalue weighted by Gasteiger charge is -2.41. The molecule has 1 atom stereocenters. The molecule has 1 amide bonds. The van der Waals surface area contributed by atoms with Crippen molar-refractivity contribution in [1.29, 1.82) is 0 Å². The Morgan fingerprint density at radius 1 is 1.43 bits per heavy atom. The second-order valence-electron chi connectivity index (χ2n) is 6.31. The molecule has 21 heavy (non-hydrogen) atoms. The zero-order valence-corrected chi connectivity index (χ0v) is 13.1. The van der Waals surface area contributed by atoms with Crippen LogP contribution in [0, 0.1) is 0 Å². The van der Waals surface area contributed by atoms with Crippen molar-refractivity contribution in [2.24, 2.45) is 5.73 Å². The van der Waals surface area contributed by atoms with Crippen molar-refractivity contribution in [3.8, 4) is 0 Å². The van der Waals surface area contributed by atoms with E-state index in [4.69, 9.17) is 10.5 Å². The highest BCUT2D eigenvalue weighted by Gasteiger charge is 2.31. The van der Waals surface area contributed by atoms with Crippen LogP contribution >= 0.6 is 0 Å². The number of amides is 1. The summed E-state index contributed by atoms with van der Waals surface area (Å²) in [6, 6.07) is 7.61. The SMILES string of the molecule is CC1CN(CC(=O)Nc2ccc(CN)cc2)CC(C)(C)O1. The van der Waals surface area contributed by atoms with Crippen molar-refractivity contribution >= 4 is 11.6 Å². The molecule has 5 nitrogen and oxygen atoms in total. The van der Waals surface area contributed by atoms with Crippen molar-refractivity contribution in [3.63, 3.8) is 0 Å².